The van der Waals surface area contributed by atoms with Gasteiger partial charge in [0.15, 0.2) is 0 Å². The lowest BCUT2D eigenvalue weighted by molar-refractivity contribution is -0.129. The fraction of sp³-hybridized carbons (Fsp3) is 0.520. The number of benzene rings is 1. The van der Waals surface area contributed by atoms with E-state index in [1.165, 1.54) is 24.2 Å². The standard InChI is InChI=1S/C25H33N3O3S/c1-31-21-10-5-4-7-19(21)12-13-26-24(29)23(20-8-2-3-9-20)27-14-16-28(17-15-27)25(30)22-11-6-18-32-22/h4-7,10-11,18,20,23H,2-3,8-9,12-17H2,1H3,(H,26,29). The van der Waals surface area contributed by atoms with Crippen molar-refractivity contribution in [2.45, 2.75) is 38.1 Å². The van der Waals surface area contributed by atoms with Crippen molar-refractivity contribution in [3.8, 4) is 5.75 Å². The van der Waals surface area contributed by atoms with Crippen molar-refractivity contribution in [3.05, 3.63) is 52.2 Å². The summed E-state index contributed by atoms with van der Waals surface area (Å²) in [6.07, 6.45) is 5.37. The predicted octanol–water partition coefficient (Wildman–Crippen LogP) is 3.43. The fourth-order valence-corrected chi connectivity index (χ4v) is 5.74. The van der Waals surface area contributed by atoms with E-state index in [9.17, 15) is 9.59 Å². The van der Waals surface area contributed by atoms with Crippen molar-refractivity contribution in [2.75, 3.05) is 39.8 Å². The second-order valence-electron chi connectivity index (χ2n) is 8.65. The predicted molar refractivity (Wildman–Crippen MR) is 127 cm³/mol. The molecular weight excluding hydrogens is 422 g/mol. The van der Waals surface area contributed by atoms with Crippen LogP contribution in [-0.4, -0.2) is 67.5 Å². The molecule has 1 atom stereocenters. The van der Waals surface area contributed by atoms with E-state index in [1.807, 2.05) is 46.7 Å². The number of nitrogens with one attached hydrogen (secondary N) is 1. The van der Waals surface area contributed by atoms with Crippen LogP contribution in [0.15, 0.2) is 41.8 Å². The van der Waals surface area contributed by atoms with Crippen molar-refractivity contribution in [1.29, 1.82) is 0 Å². The van der Waals surface area contributed by atoms with Crippen LogP contribution in [0.25, 0.3) is 0 Å². The van der Waals surface area contributed by atoms with Crippen molar-refractivity contribution < 1.29 is 14.3 Å². The molecule has 0 radical (unpaired) electrons. The van der Waals surface area contributed by atoms with Gasteiger partial charge in [-0.1, -0.05) is 37.1 Å². The molecule has 2 amide bonds. The summed E-state index contributed by atoms with van der Waals surface area (Å²) < 4.78 is 5.43. The summed E-state index contributed by atoms with van der Waals surface area (Å²) in [6.45, 7) is 3.44. The third kappa shape index (κ3) is 5.33. The second kappa shape index (κ2) is 11.0. The average Bonchev–Trinajstić information content (AvgIpc) is 3.54. The Hall–Kier alpha value is -2.38. The van der Waals surface area contributed by atoms with Gasteiger partial charge in [-0.25, -0.2) is 0 Å². The van der Waals surface area contributed by atoms with E-state index in [2.05, 4.69) is 10.2 Å². The number of amides is 2. The molecule has 2 aromatic rings. The molecule has 1 saturated carbocycles. The third-order valence-electron chi connectivity index (χ3n) is 6.73. The van der Waals surface area contributed by atoms with Gasteiger partial charge in [0.1, 0.15) is 5.75 Å². The Morgan fingerprint density at radius 2 is 1.84 bits per heavy atom. The maximum absolute atomic E-state index is 13.3. The summed E-state index contributed by atoms with van der Waals surface area (Å²) in [7, 11) is 1.68. The van der Waals surface area contributed by atoms with Crippen molar-refractivity contribution >= 4 is 23.2 Å². The molecule has 32 heavy (non-hydrogen) atoms. The van der Waals surface area contributed by atoms with Crippen LogP contribution in [0.2, 0.25) is 0 Å². The molecule has 1 aromatic carbocycles. The highest BCUT2D eigenvalue weighted by Gasteiger charge is 2.37. The highest BCUT2D eigenvalue weighted by atomic mass is 32.1. The van der Waals surface area contributed by atoms with Crippen LogP contribution in [-0.2, 0) is 11.2 Å². The first kappa shape index (κ1) is 22.8. The van der Waals surface area contributed by atoms with Crippen LogP contribution >= 0.6 is 11.3 Å². The first-order valence-electron chi connectivity index (χ1n) is 11.6. The smallest absolute Gasteiger partial charge is 0.264 e. The lowest BCUT2D eigenvalue weighted by Crippen LogP contribution is -2.58. The molecule has 0 bridgehead atoms. The molecule has 1 unspecified atom stereocenters. The molecule has 2 fully saturated rings. The summed E-state index contributed by atoms with van der Waals surface area (Å²) in [5.41, 5.74) is 1.11. The minimum atomic E-state index is -0.103. The lowest BCUT2D eigenvalue weighted by Gasteiger charge is -2.40. The van der Waals surface area contributed by atoms with E-state index in [4.69, 9.17) is 4.74 Å². The first-order chi connectivity index (χ1) is 15.7. The zero-order chi connectivity index (χ0) is 22.3. The van der Waals surface area contributed by atoms with Gasteiger partial charge in [0.2, 0.25) is 5.91 Å². The van der Waals surface area contributed by atoms with Gasteiger partial charge in [0.25, 0.3) is 5.91 Å². The largest absolute Gasteiger partial charge is 0.496 e. The van der Waals surface area contributed by atoms with E-state index in [-0.39, 0.29) is 17.9 Å². The number of hydrogen-bond acceptors (Lipinski definition) is 5. The molecule has 0 spiro atoms. The quantitative estimate of drug-likeness (QED) is 0.663. The van der Waals surface area contributed by atoms with Gasteiger partial charge in [-0.05, 0) is 48.3 Å². The van der Waals surface area contributed by atoms with E-state index < -0.39 is 0 Å². The van der Waals surface area contributed by atoms with Crippen LogP contribution in [0, 0.1) is 5.92 Å². The van der Waals surface area contributed by atoms with E-state index in [0.717, 1.165) is 48.5 Å². The van der Waals surface area contributed by atoms with Crippen LogP contribution in [0.5, 0.6) is 5.75 Å². The lowest BCUT2D eigenvalue weighted by atomic mass is 9.95. The summed E-state index contributed by atoms with van der Waals surface area (Å²) in [5, 5.41) is 5.14. The Bertz CT molecular complexity index is 888. The fourth-order valence-electron chi connectivity index (χ4n) is 5.04. The normalized spacial score (nSPS) is 18.5. The number of methoxy groups -OCH3 is 1. The molecule has 2 heterocycles. The number of nitrogens with zero attached hydrogens (tertiary/aromatic N) is 2. The summed E-state index contributed by atoms with van der Waals surface area (Å²) in [6, 6.07) is 11.7. The number of piperazine rings is 1. The SMILES string of the molecule is COc1ccccc1CCNC(=O)C(C1CCCC1)N1CCN(C(=O)c2cccs2)CC1. The highest BCUT2D eigenvalue weighted by molar-refractivity contribution is 7.12. The highest BCUT2D eigenvalue weighted by Crippen LogP contribution is 2.31. The topological polar surface area (TPSA) is 61.9 Å². The van der Waals surface area contributed by atoms with Gasteiger partial charge in [-0.3, -0.25) is 14.5 Å². The van der Waals surface area contributed by atoms with Gasteiger partial charge < -0.3 is 15.0 Å². The Morgan fingerprint density at radius 1 is 1.09 bits per heavy atom. The number of hydrogen-bond donors (Lipinski definition) is 1. The van der Waals surface area contributed by atoms with Crippen molar-refractivity contribution in [3.63, 3.8) is 0 Å². The minimum Gasteiger partial charge on any atom is -0.496 e. The molecule has 1 saturated heterocycles. The molecule has 1 N–H and O–H groups in total. The summed E-state index contributed by atoms with van der Waals surface area (Å²) in [5.74, 6) is 1.50. The number of para-hydroxylation sites is 1. The number of rotatable bonds is 8. The Labute approximate surface area is 194 Å². The number of ether oxygens (including phenoxy) is 1. The maximum Gasteiger partial charge on any atom is 0.264 e. The van der Waals surface area contributed by atoms with E-state index in [1.54, 1.807) is 7.11 Å². The Balaban J connectivity index is 1.35. The maximum atomic E-state index is 13.3. The molecule has 4 rings (SSSR count). The van der Waals surface area contributed by atoms with Crippen LogP contribution < -0.4 is 10.1 Å². The minimum absolute atomic E-state index is 0.103. The molecule has 1 aliphatic carbocycles. The Morgan fingerprint density at radius 3 is 2.53 bits per heavy atom. The number of thiophene rings is 1. The van der Waals surface area contributed by atoms with Gasteiger partial charge in [-0.2, -0.15) is 0 Å². The second-order valence-corrected chi connectivity index (χ2v) is 9.60. The van der Waals surface area contributed by atoms with E-state index in [0.29, 0.717) is 25.6 Å². The van der Waals surface area contributed by atoms with Crippen LogP contribution in [0.1, 0.15) is 40.9 Å². The Kier molecular flexibility index (Phi) is 7.81. The molecular formula is C25H33N3O3S. The molecule has 172 valence electrons. The van der Waals surface area contributed by atoms with Gasteiger partial charge in [0.05, 0.1) is 18.0 Å². The monoisotopic (exact) mass is 455 g/mol. The number of carbonyl (C=O) groups excluding carboxylic acids is 2. The zero-order valence-electron chi connectivity index (χ0n) is 18.8. The van der Waals surface area contributed by atoms with Gasteiger partial charge in [0, 0.05) is 32.7 Å². The average molecular weight is 456 g/mol. The molecule has 2 aliphatic rings. The summed E-state index contributed by atoms with van der Waals surface area (Å²) in [4.78, 5) is 31.0. The summed E-state index contributed by atoms with van der Waals surface area (Å²) >= 11 is 1.49. The van der Waals surface area contributed by atoms with Crippen molar-refractivity contribution in [1.82, 2.24) is 15.1 Å². The third-order valence-corrected chi connectivity index (χ3v) is 7.59. The van der Waals surface area contributed by atoms with Crippen LogP contribution in [0.4, 0.5) is 0 Å². The van der Waals surface area contributed by atoms with Gasteiger partial charge >= 0.3 is 0 Å². The molecule has 6 nitrogen and oxygen atoms in total. The molecule has 1 aliphatic heterocycles. The zero-order valence-corrected chi connectivity index (χ0v) is 19.6. The first-order valence-corrected chi connectivity index (χ1v) is 12.5. The van der Waals surface area contributed by atoms with Gasteiger partial charge in [-0.15, -0.1) is 11.3 Å². The van der Waals surface area contributed by atoms with Crippen LogP contribution in [0.3, 0.4) is 0 Å². The number of carbonyl (C=O) groups is 2. The molecule has 1 aromatic heterocycles. The van der Waals surface area contributed by atoms with E-state index >= 15 is 0 Å². The molecule has 7 heteroatoms. The van der Waals surface area contributed by atoms with Crippen molar-refractivity contribution in [2.24, 2.45) is 5.92 Å².